The van der Waals surface area contributed by atoms with Gasteiger partial charge in [-0.15, -0.1) is 0 Å². The molecule has 0 aliphatic rings. The normalized spacial score (nSPS) is 11.2. The first-order valence-electron chi connectivity index (χ1n) is 6.88. The maximum absolute atomic E-state index is 12.8. The molecule has 2 aromatic carbocycles. The molecule has 0 aliphatic carbocycles. The van der Waals surface area contributed by atoms with Crippen molar-refractivity contribution in [2.75, 3.05) is 0 Å². The molecule has 3 rings (SSSR count). The van der Waals surface area contributed by atoms with Gasteiger partial charge in [0, 0.05) is 11.6 Å². The minimum Gasteiger partial charge on any atom is -0.305 e. The quantitative estimate of drug-likeness (QED) is 0.677. The minimum absolute atomic E-state index is 0.0740. The Bertz CT molecular complexity index is 801. The number of aromatic nitrogens is 1. The van der Waals surface area contributed by atoms with Gasteiger partial charge in [-0.2, -0.15) is 0 Å². The molecule has 1 aromatic heterocycles. The summed E-state index contributed by atoms with van der Waals surface area (Å²) in [7, 11) is 0. The molecular weight excluding hydrogens is 246 g/mol. The lowest BCUT2D eigenvalue weighted by Crippen LogP contribution is -2.23. The van der Waals surface area contributed by atoms with Crippen LogP contribution in [-0.4, -0.2) is 4.57 Å². The molecule has 1 heterocycles. The largest absolute Gasteiger partial charge is 0.305 e. The topological polar surface area (TPSA) is 22.0 Å². The molecule has 0 fully saturated rings. The van der Waals surface area contributed by atoms with Crippen molar-refractivity contribution in [1.82, 2.24) is 4.57 Å². The second-order valence-electron chi connectivity index (χ2n) is 5.25. The zero-order chi connectivity index (χ0) is 14.1. The van der Waals surface area contributed by atoms with Crippen molar-refractivity contribution in [3.8, 4) is 11.1 Å². The van der Waals surface area contributed by atoms with E-state index in [2.05, 4.69) is 6.07 Å². The van der Waals surface area contributed by atoms with Gasteiger partial charge in [0.2, 0.25) is 0 Å². The monoisotopic (exact) mass is 263 g/mol. The van der Waals surface area contributed by atoms with Crippen molar-refractivity contribution in [1.29, 1.82) is 0 Å². The molecule has 0 bridgehead atoms. The van der Waals surface area contributed by atoms with Gasteiger partial charge in [-0.05, 0) is 36.9 Å². The minimum atomic E-state index is 0.0740. The maximum Gasteiger partial charge on any atom is 0.259 e. The predicted molar refractivity (Wildman–Crippen MR) is 84.0 cm³/mol. The molecule has 0 unspecified atom stereocenters. The predicted octanol–water partition coefficient (Wildman–Crippen LogP) is 4.25. The van der Waals surface area contributed by atoms with E-state index in [0.717, 1.165) is 22.0 Å². The molecule has 100 valence electrons. The van der Waals surface area contributed by atoms with Gasteiger partial charge in [-0.25, -0.2) is 0 Å². The van der Waals surface area contributed by atoms with Crippen LogP contribution in [-0.2, 0) is 0 Å². The molecule has 0 saturated heterocycles. The molecule has 2 heteroatoms. The van der Waals surface area contributed by atoms with Gasteiger partial charge in [0.1, 0.15) is 0 Å². The van der Waals surface area contributed by atoms with Crippen molar-refractivity contribution < 1.29 is 0 Å². The highest BCUT2D eigenvalue weighted by molar-refractivity contribution is 5.84. The van der Waals surface area contributed by atoms with Crippen LogP contribution in [0.3, 0.4) is 0 Å². The van der Waals surface area contributed by atoms with Crippen molar-refractivity contribution in [3.63, 3.8) is 0 Å². The van der Waals surface area contributed by atoms with Gasteiger partial charge in [0.25, 0.3) is 5.56 Å². The Morgan fingerprint density at radius 3 is 2.25 bits per heavy atom. The molecule has 0 radical (unpaired) electrons. The van der Waals surface area contributed by atoms with Crippen LogP contribution in [0, 0.1) is 0 Å². The average Bonchev–Trinajstić information content (AvgIpc) is 2.47. The van der Waals surface area contributed by atoms with Crippen LogP contribution in [0.2, 0.25) is 0 Å². The number of benzene rings is 2. The van der Waals surface area contributed by atoms with E-state index in [1.165, 1.54) is 0 Å². The van der Waals surface area contributed by atoms with Gasteiger partial charge in [-0.3, -0.25) is 4.79 Å². The molecule has 0 atom stereocenters. The third-order valence-corrected chi connectivity index (χ3v) is 3.55. The molecule has 0 saturated carbocycles. The fourth-order valence-electron chi connectivity index (χ4n) is 2.62. The number of para-hydroxylation sites is 1. The zero-order valence-corrected chi connectivity index (χ0v) is 11.7. The SMILES string of the molecule is CC(C)n1c(=O)c(-c2ccccc2)cc2ccccc21. The molecule has 3 aromatic rings. The number of hydrogen-bond acceptors (Lipinski definition) is 1. The van der Waals surface area contributed by atoms with E-state index in [4.69, 9.17) is 0 Å². The standard InChI is InChI=1S/C18H17NO/c1-13(2)19-17-11-7-6-10-15(17)12-16(18(19)20)14-8-4-3-5-9-14/h3-13H,1-2H3. The fraction of sp³-hybridized carbons (Fsp3) is 0.167. The van der Waals surface area contributed by atoms with Crippen molar-refractivity contribution >= 4 is 10.9 Å². The smallest absolute Gasteiger partial charge is 0.259 e. The van der Waals surface area contributed by atoms with E-state index in [1.807, 2.05) is 73.0 Å². The summed E-state index contributed by atoms with van der Waals surface area (Å²) < 4.78 is 1.87. The summed E-state index contributed by atoms with van der Waals surface area (Å²) in [6.45, 7) is 4.09. The lowest BCUT2D eigenvalue weighted by atomic mass is 10.0. The van der Waals surface area contributed by atoms with E-state index in [1.54, 1.807) is 0 Å². The van der Waals surface area contributed by atoms with E-state index >= 15 is 0 Å². The van der Waals surface area contributed by atoms with Crippen molar-refractivity contribution in [2.24, 2.45) is 0 Å². The van der Waals surface area contributed by atoms with Crippen molar-refractivity contribution in [2.45, 2.75) is 19.9 Å². The number of rotatable bonds is 2. The van der Waals surface area contributed by atoms with E-state index in [0.29, 0.717) is 0 Å². The third-order valence-electron chi connectivity index (χ3n) is 3.55. The first-order valence-corrected chi connectivity index (χ1v) is 6.88. The fourth-order valence-corrected chi connectivity index (χ4v) is 2.62. The lowest BCUT2D eigenvalue weighted by Gasteiger charge is -2.16. The number of hydrogen-bond donors (Lipinski definition) is 0. The molecule has 0 N–H and O–H groups in total. The van der Waals surface area contributed by atoms with Crippen LogP contribution >= 0.6 is 0 Å². The first kappa shape index (κ1) is 12.7. The van der Waals surface area contributed by atoms with Crippen LogP contribution in [0.25, 0.3) is 22.0 Å². The van der Waals surface area contributed by atoms with Gasteiger partial charge in [0.05, 0.1) is 5.52 Å². The second-order valence-corrected chi connectivity index (χ2v) is 5.25. The Morgan fingerprint density at radius 2 is 1.55 bits per heavy atom. The number of nitrogens with zero attached hydrogens (tertiary/aromatic N) is 1. The van der Waals surface area contributed by atoms with Gasteiger partial charge >= 0.3 is 0 Å². The second kappa shape index (κ2) is 4.97. The summed E-state index contributed by atoms with van der Waals surface area (Å²) in [5.74, 6) is 0. The average molecular weight is 263 g/mol. The third kappa shape index (κ3) is 2.03. The Balaban J connectivity index is 2.41. The van der Waals surface area contributed by atoms with Crippen LogP contribution in [0.15, 0.2) is 65.5 Å². The van der Waals surface area contributed by atoms with E-state index in [9.17, 15) is 4.79 Å². The highest BCUT2D eigenvalue weighted by atomic mass is 16.1. The molecular formula is C18H17NO. The molecule has 0 aliphatic heterocycles. The summed E-state index contributed by atoms with van der Waals surface area (Å²) in [6.07, 6.45) is 0. The van der Waals surface area contributed by atoms with E-state index in [-0.39, 0.29) is 11.6 Å². The maximum atomic E-state index is 12.8. The summed E-state index contributed by atoms with van der Waals surface area (Å²) >= 11 is 0. The highest BCUT2D eigenvalue weighted by Crippen LogP contribution is 2.22. The van der Waals surface area contributed by atoms with E-state index < -0.39 is 0 Å². The Hall–Kier alpha value is -2.35. The Kier molecular flexibility index (Phi) is 3.15. The molecule has 2 nitrogen and oxygen atoms in total. The van der Waals surface area contributed by atoms with Crippen molar-refractivity contribution in [3.05, 3.63) is 71.0 Å². The van der Waals surface area contributed by atoms with Gasteiger partial charge in [0.15, 0.2) is 0 Å². The highest BCUT2D eigenvalue weighted by Gasteiger charge is 2.12. The summed E-state index contributed by atoms with van der Waals surface area (Å²) in [5, 5.41) is 1.10. The van der Waals surface area contributed by atoms with Gasteiger partial charge < -0.3 is 4.57 Å². The molecule has 20 heavy (non-hydrogen) atoms. The first-order chi connectivity index (χ1) is 9.68. The van der Waals surface area contributed by atoms with Crippen LogP contribution in [0.1, 0.15) is 19.9 Å². The Labute approximate surface area is 118 Å². The zero-order valence-electron chi connectivity index (χ0n) is 11.7. The summed E-state index contributed by atoms with van der Waals surface area (Å²) in [4.78, 5) is 12.8. The van der Waals surface area contributed by atoms with Crippen LogP contribution in [0.4, 0.5) is 0 Å². The molecule has 0 amide bonds. The molecule has 0 spiro atoms. The Morgan fingerprint density at radius 1 is 0.900 bits per heavy atom. The summed E-state index contributed by atoms with van der Waals surface area (Å²) in [5.41, 5.74) is 2.80. The number of pyridine rings is 1. The van der Waals surface area contributed by atoms with Crippen LogP contribution in [0.5, 0.6) is 0 Å². The summed E-state index contributed by atoms with van der Waals surface area (Å²) in [6, 6.07) is 20.0. The van der Waals surface area contributed by atoms with Crippen LogP contribution < -0.4 is 5.56 Å². The number of fused-ring (bicyclic) bond motifs is 1. The van der Waals surface area contributed by atoms with Gasteiger partial charge in [-0.1, -0.05) is 48.5 Å². The lowest BCUT2D eigenvalue weighted by molar-refractivity contribution is 0.601.